The van der Waals surface area contributed by atoms with Gasteiger partial charge in [-0.2, -0.15) is 0 Å². The molecule has 1 fully saturated rings. The van der Waals surface area contributed by atoms with E-state index in [0.717, 1.165) is 11.3 Å². The highest BCUT2D eigenvalue weighted by Crippen LogP contribution is 2.29. The second-order valence-electron chi connectivity index (χ2n) is 7.28. The second-order valence-corrected chi connectivity index (χ2v) is 7.28. The lowest BCUT2D eigenvalue weighted by atomic mass is 10.0. The minimum Gasteiger partial charge on any atom is -0.328 e. The van der Waals surface area contributed by atoms with Gasteiger partial charge in [0.15, 0.2) is 0 Å². The molecule has 3 rings (SSSR count). The summed E-state index contributed by atoms with van der Waals surface area (Å²) in [6, 6.07) is 4.37. The summed E-state index contributed by atoms with van der Waals surface area (Å²) >= 11 is 0. The Morgan fingerprint density at radius 2 is 1.96 bits per heavy atom. The van der Waals surface area contributed by atoms with E-state index in [9.17, 15) is 19.2 Å². The standard InChI is InChI=1S/C19H24N4O4/c1-10(20)8-11(2)21-9-12-4-3-5-13-16(12)19(27)23(18(13)26)14-6-7-15(24)22-17(14)25/h3-5,10-11,14,21H,6-9,20H2,1-2H3,(H,22,24,25)/t10-,11-,14?/m1/s1. The van der Waals surface area contributed by atoms with E-state index in [2.05, 4.69) is 10.6 Å². The molecule has 0 spiro atoms. The second kappa shape index (κ2) is 7.58. The molecule has 8 heteroatoms. The summed E-state index contributed by atoms with van der Waals surface area (Å²) in [5.41, 5.74) is 7.14. The van der Waals surface area contributed by atoms with E-state index in [0.29, 0.717) is 23.2 Å². The number of nitrogens with two attached hydrogens (primary N) is 1. The number of carbonyl (C=O) groups excluding carboxylic acids is 4. The van der Waals surface area contributed by atoms with Crippen LogP contribution in [0.25, 0.3) is 0 Å². The van der Waals surface area contributed by atoms with Crippen molar-refractivity contribution in [3.63, 3.8) is 0 Å². The Hall–Kier alpha value is -2.58. The number of nitrogens with one attached hydrogen (secondary N) is 2. The molecule has 0 bridgehead atoms. The van der Waals surface area contributed by atoms with Crippen LogP contribution in [0.5, 0.6) is 0 Å². The van der Waals surface area contributed by atoms with Crippen molar-refractivity contribution in [2.24, 2.45) is 5.73 Å². The Kier molecular flexibility index (Phi) is 5.38. The van der Waals surface area contributed by atoms with E-state index < -0.39 is 23.8 Å². The van der Waals surface area contributed by atoms with Crippen molar-refractivity contribution in [1.82, 2.24) is 15.5 Å². The Morgan fingerprint density at radius 3 is 2.63 bits per heavy atom. The van der Waals surface area contributed by atoms with Crippen molar-refractivity contribution >= 4 is 23.6 Å². The van der Waals surface area contributed by atoms with Gasteiger partial charge in [0.25, 0.3) is 11.8 Å². The van der Waals surface area contributed by atoms with Crippen molar-refractivity contribution in [2.75, 3.05) is 0 Å². The topological polar surface area (TPSA) is 122 Å². The summed E-state index contributed by atoms with van der Waals surface area (Å²) in [5.74, 6) is -1.97. The van der Waals surface area contributed by atoms with E-state index in [-0.39, 0.29) is 30.8 Å². The number of hydrogen-bond acceptors (Lipinski definition) is 6. The molecule has 3 atom stereocenters. The molecular weight excluding hydrogens is 348 g/mol. The zero-order valence-electron chi connectivity index (χ0n) is 15.5. The first-order chi connectivity index (χ1) is 12.8. The van der Waals surface area contributed by atoms with Gasteiger partial charge < -0.3 is 11.1 Å². The van der Waals surface area contributed by atoms with Gasteiger partial charge in [0.2, 0.25) is 11.8 Å². The first-order valence-electron chi connectivity index (χ1n) is 9.12. The van der Waals surface area contributed by atoms with Crippen LogP contribution in [0, 0.1) is 0 Å². The molecule has 1 unspecified atom stereocenters. The number of piperidine rings is 1. The van der Waals surface area contributed by atoms with Crippen LogP contribution in [0.15, 0.2) is 18.2 Å². The van der Waals surface area contributed by atoms with Crippen molar-refractivity contribution in [3.8, 4) is 0 Å². The summed E-state index contributed by atoms with van der Waals surface area (Å²) in [5, 5.41) is 5.52. The molecule has 0 aliphatic carbocycles. The lowest BCUT2D eigenvalue weighted by molar-refractivity contribution is -0.136. The molecule has 4 N–H and O–H groups in total. The molecular formula is C19H24N4O4. The molecule has 4 amide bonds. The molecule has 1 saturated heterocycles. The number of carbonyl (C=O) groups is 4. The highest BCUT2D eigenvalue weighted by molar-refractivity contribution is 6.24. The third kappa shape index (κ3) is 3.77. The molecule has 0 radical (unpaired) electrons. The number of amides is 4. The quantitative estimate of drug-likeness (QED) is 0.618. The monoisotopic (exact) mass is 372 g/mol. The normalized spacial score (nSPS) is 21.9. The van der Waals surface area contributed by atoms with Gasteiger partial charge in [0.05, 0.1) is 11.1 Å². The van der Waals surface area contributed by atoms with Crippen LogP contribution in [0.2, 0.25) is 0 Å². The molecule has 1 aromatic carbocycles. The van der Waals surface area contributed by atoms with Gasteiger partial charge in [-0.25, -0.2) is 0 Å². The summed E-state index contributed by atoms with van der Waals surface area (Å²) in [6.07, 6.45) is 1.03. The van der Waals surface area contributed by atoms with Crippen molar-refractivity contribution in [3.05, 3.63) is 34.9 Å². The molecule has 144 valence electrons. The molecule has 8 nitrogen and oxygen atoms in total. The van der Waals surface area contributed by atoms with Gasteiger partial charge in [-0.05, 0) is 38.3 Å². The third-order valence-electron chi connectivity index (χ3n) is 4.92. The van der Waals surface area contributed by atoms with Gasteiger partial charge >= 0.3 is 0 Å². The number of fused-ring (bicyclic) bond motifs is 1. The van der Waals surface area contributed by atoms with Gasteiger partial charge in [0, 0.05) is 25.0 Å². The fraction of sp³-hybridized carbons (Fsp3) is 0.474. The van der Waals surface area contributed by atoms with Crippen LogP contribution >= 0.6 is 0 Å². The molecule has 1 aromatic rings. The van der Waals surface area contributed by atoms with Crippen LogP contribution in [0.1, 0.15) is 59.4 Å². The minimum atomic E-state index is -0.951. The largest absolute Gasteiger partial charge is 0.328 e. The zero-order chi connectivity index (χ0) is 19.7. The average molecular weight is 372 g/mol. The average Bonchev–Trinajstić information content (AvgIpc) is 2.85. The van der Waals surface area contributed by atoms with E-state index in [1.54, 1.807) is 18.2 Å². The van der Waals surface area contributed by atoms with Crippen LogP contribution < -0.4 is 16.4 Å². The lowest BCUT2D eigenvalue weighted by Crippen LogP contribution is -2.54. The molecule has 2 heterocycles. The first kappa shape index (κ1) is 19.2. The smallest absolute Gasteiger partial charge is 0.262 e. The number of benzene rings is 1. The summed E-state index contributed by atoms with van der Waals surface area (Å²) in [6.45, 7) is 4.35. The van der Waals surface area contributed by atoms with Crippen LogP contribution in [0.4, 0.5) is 0 Å². The van der Waals surface area contributed by atoms with Crippen molar-refractivity contribution in [1.29, 1.82) is 0 Å². The fourth-order valence-electron chi connectivity index (χ4n) is 3.66. The number of imide groups is 2. The number of nitrogens with zero attached hydrogens (tertiary/aromatic N) is 1. The minimum absolute atomic E-state index is 0.0558. The SMILES string of the molecule is C[C@H](C[C@@H](C)N)NCc1cccc2c1C(=O)N(C1CCC(=O)NC1=O)C2=O. The number of rotatable bonds is 6. The lowest BCUT2D eigenvalue weighted by Gasteiger charge is -2.27. The highest BCUT2D eigenvalue weighted by Gasteiger charge is 2.45. The zero-order valence-corrected chi connectivity index (χ0v) is 15.5. The van der Waals surface area contributed by atoms with E-state index in [1.165, 1.54) is 0 Å². The van der Waals surface area contributed by atoms with Crippen LogP contribution in [0.3, 0.4) is 0 Å². The first-order valence-corrected chi connectivity index (χ1v) is 9.12. The van der Waals surface area contributed by atoms with Gasteiger partial charge in [-0.3, -0.25) is 29.4 Å². The van der Waals surface area contributed by atoms with Crippen molar-refractivity contribution in [2.45, 2.75) is 57.8 Å². The van der Waals surface area contributed by atoms with E-state index in [4.69, 9.17) is 5.73 Å². The molecule has 27 heavy (non-hydrogen) atoms. The third-order valence-corrected chi connectivity index (χ3v) is 4.92. The Morgan fingerprint density at radius 1 is 1.22 bits per heavy atom. The van der Waals surface area contributed by atoms with Crippen molar-refractivity contribution < 1.29 is 19.2 Å². The maximum Gasteiger partial charge on any atom is 0.262 e. The Labute approximate surface area is 157 Å². The Bertz CT molecular complexity index is 805. The van der Waals surface area contributed by atoms with Crippen LogP contribution in [-0.4, -0.2) is 46.7 Å². The maximum absolute atomic E-state index is 13.0. The van der Waals surface area contributed by atoms with Crippen LogP contribution in [-0.2, 0) is 16.1 Å². The maximum atomic E-state index is 13.0. The highest BCUT2D eigenvalue weighted by atomic mass is 16.2. The summed E-state index contributed by atoms with van der Waals surface area (Å²) in [4.78, 5) is 50.2. The molecule has 0 aromatic heterocycles. The van der Waals surface area contributed by atoms with Gasteiger partial charge in [0.1, 0.15) is 6.04 Å². The van der Waals surface area contributed by atoms with Gasteiger partial charge in [-0.1, -0.05) is 12.1 Å². The fourth-order valence-corrected chi connectivity index (χ4v) is 3.66. The number of hydrogen-bond donors (Lipinski definition) is 3. The molecule has 0 saturated carbocycles. The predicted octanol–water partition coefficient (Wildman–Crippen LogP) is 0.303. The van der Waals surface area contributed by atoms with Gasteiger partial charge in [-0.15, -0.1) is 0 Å². The van der Waals surface area contributed by atoms with E-state index >= 15 is 0 Å². The molecule has 2 aliphatic heterocycles. The summed E-state index contributed by atoms with van der Waals surface area (Å²) in [7, 11) is 0. The predicted molar refractivity (Wildman–Crippen MR) is 97.7 cm³/mol. The Balaban J connectivity index is 1.82. The summed E-state index contributed by atoms with van der Waals surface area (Å²) < 4.78 is 0. The van der Waals surface area contributed by atoms with E-state index in [1.807, 2.05) is 13.8 Å². The molecule has 2 aliphatic rings.